The molecule has 0 aliphatic rings. The summed E-state index contributed by atoms with van der Waals surface area (Å²) in [5, 5.41) is 3.82. The van der Waals surface area contributed by atoms with Gasteiger partial charge in [-0.05, 0) is 60.7 Å². The topological polar surface area (TPSA) is 22.8 Å². The lowest BCUT2D eigenvalue weighted by Gasteiger charge is -2.10. The van der Waals surface area contributed by atoms with E-state index in [4.69, 9.17) is 0 Å². The zero-order chi connectivity index (χ0) is 22.5. The van der Waals surface area contributed by atoms with Crippen molar-refractivity contribution in [3.63, 3.8) is 0 Å². The quantitative estimate of drug-likeness (QED) is 0.278. The predicted molar refractivity (Wildman–Crippen MR) is 141 cm³/mol. The van der Waals surface area contributed by atoms with Crippen molar-refractivity contribution in [1.82, 2.24) is 14.1 Å². The molecule has 0 N–H and O–H groups in total. The zero-order valence-electron chi connectivity index (χ0n) is 18.5. The van der Waals surface area contributed by atoms with E-state index < -0.39 is 0 Å². The van der Waals surface area contributed by atoms with Crippen LogP contribution in [0.15, 0.2) is 128 Å². The van der Waals surface area contributed by atoms with E-state index in [0.717, 1.165) is 16.9 Å². The van der Waals surface area contributed by atoms with E-state index in [9.17, 15) is 0 Å². The molecule has 3 nitrogen and oxygen atoms in total. The van der Waals surface area contributed by atoms with Gasteiger partial charge in [0.05, 0.1) is 22.2 Å². The van der Waals surface area contributed by atoms with Crippen molar-refractivity contribution in [3.05, 3.63) is 128 Å². The average molecular weight is 436 g/mol. The number of fused-ring (bicyclic) bond motifs is 5. The van der Waals surface area contributed by atoms with Crippen LogP contribution in [0, 0.1) is 0 Å². The summed E-state index contributed by atoms with van der Waals surface area (Å²) in [5.41, 5.74) is 8.06. The van der Waals surface area contributed by atoms with Crippen molar-refractivity contribution in [3.8, 4) is 22.6 Å². The third-order valence-corrected chi connectivity index (χ3v) is 6.63. The van der Waals surface area contributed by atoms with Crippen LogP contribution in [-0.2, 0) is 0 Å². The Morgan fingerprint density at radius 3 is 2.06 bits per heavy atom. The molecule has 0 saturated carbocycles. The van der Waals surface area contributed by atoms with Crippen LogP contribution in [0.3, 0.4) is 0 Å². The van der Waals surface area contributed by atoms with Gasteiger partial charge in [-0.25, -0.2) is 0 Å². The van der Waals surface area contributed by atoms with Gasteiger partial charge in [0.25, 0.3) is 0 Å². The molecule has 4 aromatic carbocycles. The Labute approximate surface area is 197 Å². The van der Waals surface area contributed by atoms with Crippen LogP contribution in [0.2, 0.25) is 0 Å². The molecule has 7 rings (SSSR count). The molecule has 0 unspecified atom stereocenters. The fourth-order valence-electron chi connectivity index (χ4n) is 5.09. The summed E-state index contributed by atoms with van der Waals surface area (Å²) in [6.07, 6.45) is 4.01. The Bertz CT molecular complexity index is 1770. The van der Waals surface area contributed by atoms with E-state index in [1.54, 1.807) is 0 Å². The Hall–Kier alpha value is -4.63. The normalized spacial score (nSPS) is 11.5. The molecule has 0 bridgehead atoms. The van der Waals surface area contributed by atoms with Gasteiger partial charge in [0.2, 0.25) is 0 Å². The van der Waals surface area contributed by atoms with Gasteiger partial charge in [0, 0.05) is 45.5 Å². The van der Waals surface area contributed by atoms with E-state index in [2.05, 4.69) is 117 Å². The lowest BCUT2D eigenvalue weighted by Crippen LogP contribution is -1.94. The van der Waals surface area contributed by atoms with E-state index in [1.807, 2.05) is 24.4 Å². The second-order valence-electron chi connectivity index (χ2n) is 8.53. The molecule has 0 amide bonds. The molecular formula is C31H21N3. The molecule has 0 atom stereocenters. The van der Waals surface area contributed by atoms with Crippen LogP contribution in [0.25, 0.3) is 55.3 Å². The number of aromatic nitrogens is 3. The van der Waals surface area contributed by atoms with Gasteiger partial charge >= 0.3 is 0 Å². The van der Waals surface area contributed by atoms with E-state index in [0.29, 0.717) is 0 Å². The number of nitrogens with zero attached hydrogens (tertiary/aromatic N) is 3. The lowest BCUT2D eigenvalue weighted by atomic mass is 10.1. The SMILES string of the molecule is c1ccc(-n2ccc3c4c5ccccc5n(-c5ccc(-c6ccccn6)cc5)c4ccc32)cc1. The molecule has 0 radical (unpaired) electrons. The largest absolute Gasteiger partial charge is 0.317 e. The van der Waals surface area contributed by atoms with Crippen LogP contribution in [0.5, 0.6) is 0 Å². The van der Waals surface area contributed by atoms with Gasteiger partial charge in [-0.1, -0.05) is 54.6 Å². The number of benzene rings is 4. The van der Waals surface area contributed by atoms with E-state index >= 15 is 0 Å². The minimum absolute atomic E-state index is 0.986. The van der Waals surface area contributed by atoms with Crippen molar-refractivity contribution in [2.75, 3.05) is 0 Å². The van der Waals surface area contributed by atoms with E-state index in [1.165, 1.54) is 38.4 Å². The first kappa shape index (κ1) is 18.9. The molecule has 160 valence electrons. The molecule has 3 heteroatoms. The Balaban J connectivity index is 1.47. The molecule has 3 heterocycles. The minimum atomic E-state index is 0.986. The highest BCUT2D eigenvalue weighted by atomic mass is 15.0. The van der Waals surface area contributed by atoms with Gasteiger partial charge in [-0.3, -0.25) is 4.98 Å². The van der Waals surface area contributed by atoms with Crippen LogP contribution >= 0.6 is 0 Å². The zero-order valence-corrected chi connectivity index (χ0v) is 18.5. The maximum absolute atomic E-state index is 4.49. The standard InChI is InChI=1S/C31H21N3/c1-2-8-23(9-3-1)33-21-19-26-28(33)17-18-30-31(26)25-10-4-5-12-29(25)34(30)24-15-13-22(14-16-24)27-11-6-7-20-32-27/h1-21H. The third-order valence-electron chi connectivity index (χ3n) is 6.63. The van der Waals surface area contributed by atoms with Crippen molar-refractivity contribution >= 4 is 32.7 Å². The maximum Gasteiger partial charge on any atom is 0.0701 e. The van der Waals surface area contributed by atoms with Crippen LogP contribution in [-0.4, -0.2) is 14.1 Å². The highest BCUT2D eigenvalue weighted by Gasteiger charge is 2.16. The summed E-state index contributed by atoms with van der Waals surface area (Å²) >= 11 is 0. The van der Waals surface area contributed by atoms with Crippen molar-refractivity contribution in [1.29, 1.82) is 0 Å². The molecule has 3 aromatic heterocycles. The second-order valence-corrected chi connectivity index (χ2v) is 8.53. The highest BCUT2D eigenvalue weighted by Crippen LogP contribution is 2.38. The molecule has 0 saturated heterocycles. The first-order valence-corrected chi connectivity index (χ1v) is 11.5. The van der Waals surface area contributed by atoms with Gasteiger partial charge in [-0.2, -0.15) is 0 Å². The summed E-state index contributed by atoms with van der Waals surface area (Å²) < 4.78 is 4.63. The fraction of sp³-hybridized carbons (Fsp3) is 0. The van der Waals surface area contributed by atoms with Crippen molar-refractivity contribution in [2.45, 2.75) is 0 Å². The van der Waals surface area contributed by atoms with Crippen molar-refractivity contribution in [2.24, 2.45) is 0 Å². The molecule has 0 aliphatic carbocycles. The first-order chi connectivity index (χ1) is 16.9. The van der Waals surface area contributed by atoms with Crippen LogP contribution in [0.4, 0.5) is 0 Å². The maximum atomic E-state index is 4.49. The van der Waals surface area contributed by atoms with Crippen LogP contribution in [0.1, 0.15) is 0 Å². The Morgan fingerprint density at radius 2 is 1.24 bits per heavy atom. The average Bonchev–Trinajstić information content (AvgIpc) is 3.49. The molecule has 7 aromatic rings. The monoisotopic (exact) mass is 435 g/mol. The molecular weight excluding hydrogens is 414 g/mol. The second kappa shape index (κ2) is 7.46. The number of hydrogen-bond donors (Lipinski definition) is 0. The summed E-state index contributed by atoms with van der Waals surface area (Å²) in [6.45, 7) is 0. The summed E-state index contributed by atoms with van der Waals surface area (Å²) in [4.78, 5) is 4.49. The summed E-state index contributed by atoms with van der Waals surface area (Å²) in [7, 11) is 0. The lowest BCUT2D eigenvalue weighted by molar-refractivity contribution is 1.13. The minimum Gasteiger partial charge on any atom is -0.317 e. The fourth-order valence-corrected chi connectivity index (χ4v) is 5.09. The molecule has 0 aliphatic heterocycles. The van der Waals surface area contributed by atoms with Gasteiger partial charge in [-0.15, -0.1) is 0 Å². The third kappa shape index (κ3) is 2.81. The van der Waals surface area contributed by atoms with Crippen molar-refractivity contribution < 1.29 is 0 Å². The summed E-state index contributed by atoms with van der Waals surface area (Å²) in [6, 6.07) is 40.6. The van der Waals surface area contributed by atoms with Gasteiger partial charge in [0.15, 0.2) is 0 Å². The number of para-hydroxylation sites is 2. The summed E-state index contributed by atoms with van der Waals surface area (Å²) in [5.74, 6) is 0. The number of pyridine rings is 1. The smallest absolute Gasteiger partial charge is 0.0701 e. The first-order valence-electron chi connectivity index (χ1n) is 11.5. The van der Waals surface area contributed by atoms with Crippen LogP contribution < -0.4 is 0 Å². The Kier molecular flexibility index (Phi) is 4.15. The molecule has 34 heavy (non-hydrogen) atoms. The molecule has 0 spiro atoms. The number of rotatable bonds is 3. The van der Waals surface area contributed by atoms with E-state index in [-0.39, 0.29) is 0 Å². The van der Waals surface area contributed by atoms with Gasteiger partial charge in [0.1, 0.15) is 0 Å². The van der Waals surface area contributed by atoms with Gasteiger partial charge < -0.3 is 9.13 Å². The Morgan fingerprint density at radius 1 is 0.500 bits per heavy atom. The highest BCUT2D eigenvalue weighted by molar-refractivity contribution is 6.21. The molecule has 0 fully saturated rings. The predicted octanol–water partition coefficient (Wildman–Crippen LogP) is 7.79. The number of hydrogen-bond acceptors (Lipinski definition) is 1.